The average Bonchev–Trinajstić information content (AvgIpc) is 2.45. The molecular weight excluding hydrogens is 312 g/mol. The predicted octanol–water partition coefficient (Wildman–Crippen LogP) is 1.21. The van der Waals surface area contributed by atoms with Gasteiger partial charge in [-0.3, -0.25) is 15.0 Å². The van der Waals surface area contributed by atoms with Gasteiger partial charge in [0.15, 0.2) is 0 Å². The van der Waals surface area contributed by atoms with E-state index >= 15 is 0 Å². The van der Waals surface area contributed by atoms with Gasteiger partial charge in [0.05, 0.1) is 12.6 Å². The molecule has 0 bridgehead atoms. The minimum Gasteiger partial charge on any atom is -0.450 e. The highest BCUT2D eigenvalue weighted by Crippen LogP contribution is 2.13. The third-order valence-corrected chi connectivity index (χ3v) is 3.78. The van der Waals surface area contributed by atoms with Crippen LogP contribution in [0.4, 0.5) is 9.59 Å². The fourth-order valence-corrected chi connectivity index (χ4v) is 2.52. The third-order valence-electron chi connectivity index (χ3n) is 3.78. The van der Waals surface area contributed by atoms with E-state index in [1.807, 2.05) is 25.7 Å². The fraction of sp³-hybridized carbons (Fsp3) is 0.812. The molecule has 3 N–H and O–H groups in total. The molecule has 0 aromatic rings. The fourth-order valence-electron chi connectivity index (χ4n) is 2.52. The lowest BCUT2D eigenvalue weighted by molar-refractivity contribution is -0.125. The molecule has 0 spiro atoms. The minimum atomic E-state index is -0.488. The maximum atomic E-state index is 12.2. The summed E-state index contributed by atoms with van der Waals surface area (Å²) in [4.78, 5) is 37.4. The lowest BCUT2D eigenvalue weighted by atomic mass is 10.0. The van der Waals surface area contributed by atoms with Crippen LogP contribution in [0, 0.1) is 0 Å². The molecule has 1 saturated heterocycles. The summed E-state index contributed by atoms with van der Waals surface area (Å²) in [6.45, 7) is 10.8. The molecule has 1 heterocycles. The molecule has 0 unspecified atom stereocenters. The number of ether oxygens (including phenoxy) is 1. The maximum absolute atomic E-state index is 12.2. The first-order valence-corrected chi connectivity index (χ1v) is 8.42. The van der Waals surface area contributed by atoms with Crippen molar-refractivity contribution in [3.63, 3.8) is 0 Å². The van der Waals surface area contributed by atoms with E-state index in [9.17, 15) is 14.4 Å². The topological polar surface area (TPSA) is 99.8 Å². The molecule has 1 atom stereocenters. The average molecular weight is 342 g/mol. The summed E-state index contributed by atoms with van der Waals surface area (Å²) in [6, 6.07) is -0.836. The largest absolute Gasteiger partial charge is 0.450 e. The monoisotopic (exact) mass is 342 g/mol. The van der Waals surface area contributed by atoms with Crippen LogP contribution >= 0.6 is 0 Å². The van der Waals surface area contributed by atoms with Gasteiger partial charge in [0.1, 0.15) is 0 Å². The highest BCUT2D eigenvalue weighted by molar-refractivity contribution is 5.97. The van der Waals surface area contributed by atoms with Gasteiger partial charge in [0.25, 0.3) is 0 Å². The highest BCUT2D eigenvalue weighted by atomic mass is 16.5. The molecule has 0 radical (unpaired) electrons. The molecule has 0 aliphatic carbocycles. The van der Waals surface area contributed by atoms with Crippen molar-refractivity contribution in [1.29, 1.82) is 0 Å². The Balaban J connectivity index is 2.39. The number of piperidine rings is 1. The zero-order chi connectivity index (χ0) is 18.3. The number of carbonyl (C=O) groups is 3. The van der Waals surface area contributed by atoms with Crippen LogP contribution in [-0.4, -0.2) is 60.3 Å². The summed E-state index contributed by atoms with van der Waals surface area (Å²) >= 11 is 0. The number of likely N-dealkylation sites (tertiary alicyclic amines) is 1. The summed E-state index contributed by atoms with van der Waals surface area (Å²) in [5, 5.41) is 7.88. The second-order valence-electron chi connectivity index (χ2n) is 7.04. The zero-order valence-electron chi connectivity index (χ0n) is 15.3. The van der Waals surface area contributed by atoms with Gasteiger partial charge in [0.2, 0.25) is 5.91 Å². The molecule has 0 aromatic carbocycles. The zero-order valence-corrected chi connectivity index (χ0v) is 15.3. The summed E-state index contributed by atoms with van der Waals surface area (Å²) in [5.41, 5.74) is -0.398. The normalized spacial score (nSPS) is 17.7. The van der Waals surface area contributed by atoms with Crippen LogP contribution in [0.2, 0.25) is 0 Å². The lowest BCUT2D eigenvalue weighted by Gasteiger charge is -2.35. The first-order valence-electron chi connectivity index (χ1n) is 8.42. The number of amides is 4. The van der Waals surface area contributed by atoms with Gasteiger partial charge >= 0.3 is 12.1 Å². The van der Waals surface area contributed by atoms with Gasteiger partial charge in [-0.05, 0) is 47.5 Å². The second kappa shape index (κ2) is 8.86. The number of nitrogens with one attached hydrogen (secondary N) is 3. The summed E-state index contributed by atoms with van der Waals surface area (Å²) in [6.07, 6.45) is 1.08. The quantitative estimate of drug-likeness (QED) is 0.713. The molecule has 8 heteroatoms. The van der Waals surface area contributed by atoms with Crippen LogP contribution in [0.25, 0.3) is 0 Å². The number of imide groups is 1. The molecular formula is C16H30N4O4. The molecule has 8 nitrogen and oxygen atoms in total. The molecule has 24 heavy (non-hydrogen) atoms. The van der Waals surface area contributed by atoms with Crippen molar-refractivity contribution >= 4 is 18.0 Å². The Morgan fingerprint density at radius 2 is 1.79 bits per heavy atom. The molecule has 1 aliphatic heterocycles. The van der Waals surface area contributed by atoms with Gasteiger partial charge in [0, 0.05) is 24.7 Å². The number of urea groups is 1. The molecule has 0 aromatic heterocycles. The van der Waals surface area contributed by atoms with Crippen LogP contribution in [0.1, 0.15) is 47.5 Å². The van der Waals surface area contributed by atoms with Crippen LogP contribution in [0.3, 0.4) is 0 Å². The first-order chi connectivity index (χ1) is 11.1. The smallest absolute Gasteiger partial charge is 0.407 e. The van der Waals surface area contributed by atoms with Crippen LogP contribution in [0.5, 0.6) is 0 Å². The van der Waals surface area contributed by atoms with E-state index in [0.717, 1.165) is 12.8 Å². The predicted molar refractivity (Wildman–Crippen MR) is 90.6 cm³/mol. The standard InChI is InChI=1S/C16H30N4O4/c1-6-24-15(23)17-12-7-9-20(10-8-12)11(2)13(21)18-14(22)19-16(3,4)5/h11-12H,6-10H2,1-5H3,(H,17,23)(H2,18,19,21,22)/t11-/m0/s1. The summed E-state index contributed by atoms with van der Waals surface area (Å²) < 4.78 is 4.87. The number of hydrogen-bond donors (Lipinski definition) is 3. The van der Waals surface area contributed by atoms with E-state index in [2.05, 4.69) is 16.0 Å². The van der Waals surface area contributed by atoms with Crippen molar-refractivity contribution in [3.05, 3.63) is 0 Å². The first kappa shape index (κ1) is 20.2. The van der Waals surface area contributed by atoms with Crippen molar-refractivity contribution in [2.45, 2.75) is 65.1 Å². The van der Waals surface area contributed by atoms with Crippen LogP contribution < -0.4 is 16.0 Å². The van der Waals surface area contributed by atoms with Crippen molar-refractivity contribution in [2.75, 3.05) is 19.7 Å². The molecule has 4 amide bonds. The minimum absolute atomic E-state index is 0.0553. The van der Waals surface area contributed by atoms with E-state index in [1.54, 1.807) is 13.8 Å². The number of alkyl carbamates (subject to hydrolysis) is 1. The van der Waals surface area contributed by atoms with Crippen LogP contribution in [0.15, 0.2) is 0 Å². The van der Waals surface area contributed by atoms with Gasteiger partial charge < -0.3 is 15.4 Å². The second-order valence-corrected chi connectivity index (χ2v) is 7.04. The maximum Gasteiger partial charge on any atom is 0.407 e. The van der Waals surface area contributed by atoms with E-state index in [1.165, 1.54) is 0 Å². The highest BCUT2D eigenvalue weighted by Gasteiger charge is 2.28. The third kappa shape index (κ3) is 7.16. The Labute approximate surface area is 143 Å². The Bertz CT molecular complexity index is 453. The van der Waals surface area contributed by atoms with Crippen LogP contribution in [-0.2, 0) is 9.53 Å². The van der Waals surface area contributed by atoms with E-state index in [0.29, 0.717) is 19.7 Å². The molecule has 1 fully saturated rings. The van der Waals surface area contributed by atoms with Crippen molar-refractivity contribution in [2.24, 2.45) is 0 Å². The van der Waals surface area contributed by atoms with Gasteiger partial charge in [-0.25, -0.2) is 9.59 Å². The van der Waals surface area contributed by atoms with Gasteiger partial charge in [-0.15, -0.1) is 0 Å². The van der Waals surface area contributed by atoms with E-state index in [4.69, 9.17) is 4.74 Å². The number of hydrogen-bond acceptors (Lipinski definition) is 5. The SMILES string of the molecule is CCOC(=O)NC1CCN([C@@H](C)C(=O)NC(=O)NC(C)(C)C)CC1. The number of carbonyl (C=O) groups excluding carboxylic acids is 3. The molecule has 0 saturated carbocycles. The molecule has 1 aliphatic rings. The van der Waals surface area contributed by atoms with Crippen molar-refractivity contribution < 1.29 is 19.1 Å². The van der Waals surface area contributed by atoms with Gasteiger partial charge in [-0.1, -0.05) is 0 Å². The number of nitrogens with zero attached hydrogens (tertiary/aromatic N) is 1. The van der Waals surface area contributed by atoms with E-state index in [-0.39, 0.29) is 11.9 Å². The Morgan fingerprint density at radius 1 is 1.21 bits per heavy atom. The number of rotatable bonds is 4. The Kier molecular flexibility index (Phi) is 7.47. The summed E-state index contributed by atoms with van der Waals surface area (Å²) in [5.74, 6) is -0.325. The van der Waals surface area contributed by atoms with E-state index < -0.39 is 23.7 Å². The van der Waals surface area contributed by atoms with Crippen molar-refractivity contribution in [1.82, 2.24) is 20.9 Å². The Morgan fingerprint density at radius 3 is 2.29 bits per heavy atom. The van der Waals surface area contributed by atoms with Crippen molar-refractivity contribution in [3.8, 4) is 0 Å². The lowest BCUT2D eigenvalue weighted by Crippen LogP contribution is -2.55. The summed E-state index contributed by atoms with van der Waals surface area (Å²) in [7, 11) is 0. The molecule has 138 valence electrons. The Hall–Kier alpha value is -1.83. The van der Waals surface area contributed by atoms with Gasteiger partial charge in [-0.2, -0.15) is 0 Å². The molecule has 1 rings (SSSR count).